The van der Waals surface area contributed by atoms with Gasteiger partial charge < -0.3 is 4.57 Å². The van der Waals surface area contributed by atoms with Gasteiger partial charge in [-0.3, -0.25) is 0 Å². The summed E-state index contributed by atoms with van der Waals surface area (Å²) in [6, 6.07) is 3.03. The van der Waals surface area contributed by atoms with E-state index >= 15 is 0 Å². The molecule has 1 aromatic carbocycles. The van der Waals surface area contributed by atoms with Gasteiger partial charge in [0.25, 0.3) is 0 Å². The number of benzene rings is 1. The Morgan fingerprint density at radius 2 is 2.17 bits per heavy atom. The van der Waals surface area contributed by atoms with E-state index in [0.29, 0.717) is 17.8 Å². The zero-order chi connectivity index (χ0) is 13.1. The lowest BCUT2D eigenvalue weighted by molar-refractivity contribution is 0.619. The van der Waals surface area contributed by atoms with Crippen LogP contribution in [0.4, 0.5) is 4.39 Å². The van der Waals surface area contributed by atoms with E-state index in [1.165, 1.54) is 6.07 Å². The summed E-state index contributed by atoms with van der Waals surface area (Å²) in [7, 11) is 0. The Kier molecular flexibility index (Phi) is 4.46. The van der Waals surface area contributed by atoms with Gasteiger partial charge in [0.2, 0.25) is 0 Å². The number of aromatic nitrogens is 2. The van der Waals surface area contributed by atoms with Crippen LogP contribution in [0.1, 0.15) is 25.6 Å². The second-order valence-electron chi connectivity index (χ2n) is 4.23. The quantitative estimate of drug-likeness (QED) is 0.745. The molecule has 0 saturated carbocycles. The molecule has 2 aromatic rings. The summed E-state index contributed by atoms with van der Waals surface area (Å²) < 4.78 is 15.5. The first kappa shape index (κ1) is 13.6. The molecule has 0 amide bonds. The number of halogens is 3. The molecule has 18 heavy (non-hydrogen) atoms. The van der Waals surface area contributed by atoms with Crippen molar-refractivity contribution < 1.29 is 4.39 Å². The van der Waals surface area contributed by atoms with Gasteiger partial charge in [-0.1, -0.05) is 24.9 Å². The summed E-state index contributed by atoms with van der Waals surface area (Å²) in [6.45, 7) is 2.99. The predicted octanol–water partition coefficient (Wildman–Crippen LogP) is 4.41. The molecule has 0 aliphatic rings. The molecule has 0 aliphatic carbocycles. The topological polar surface area (TPSA) is 17.8 Å². The normalized spacial score (nSPS) is 11.3. The van der Waals surface area contributed by atoms with Gasteiger partial charge in [-0.15, -0.1) is 11.6 Å². The van der Waals surface area contributed by atoms with Crippen LogP contribution in [0, 0.1) is 5.82 Å². The monoisotopic (exact) mass is 288 g/mol. The first-order valence-electron chi connectivity index (χ1n) is 6.07. The van der Waals surface area contributed by atoms with E-state index in [4.69, 9.17) is 23.2 Å². The molecule has 0 bridgehead atoms. The van der Waals surface area contributed by atoms with Gasteiger partial charge >= 0.3 is 0 Å². The highest BCUT2D eigenvalue weighted by molar-refractivity contribution is 6.31. The number of fused-ring (bicyclic) bond motifs is 1. The Balaban J connectivity index is 2.53. The van der Waals surface area contributed by atoms with Gasteiger partial charge in [0, 0.05) is 24.9 Å². The fraction of sp³-hybridized carbons (Fsp3) is 0.462. The number of imidazole rings is 1. The van der Waals surface area contributed by atoms with Crippen molar-refractivity contribution in [1.29, 1.82) is 0 Å². The molecule has 0 spiro atoms. The van der Waals surface area contributed by atoms with Crippen molar-refractivity contribution >= 4 is 34.2 Å². The van der Waals surface area contributed by atoms with Crippen molar-refractivity contribution in [3.63, 3.8) is 0 Å². The fourth-order valence-corrected chi connectivity index (χ4v) is 2.34. The highest BCUT2D eigenvalue weighted by Gasteiger charge is 2.12. The van der Waals surface area contributed by atoms with E-state index in [1.54, 1.807) is 6.07 Å². The van der Waals surface area contributed by atoms with E-state index in [-0.39, 0.29) is 5.02 Å². The molecule has 0 fully saturated rings. The summed E-state index contributed by atoms with van der Waals surface area (Å²) in [5, 5.41) is 0.137. The molecular weight excluding hydrogens is 274 g/mol. The van der Waals surface area contributed by atoms with Gasteiger partial charge in [-0.2, -0.15) is 0 Å². The molecule has 0 aliphatic heterocycles. The zero-order valence-electron chi connectivity index (χ0n) is 10.2. The van der Waals surface area contributed by atoms with Gasteiger partial charge in [0.1, 0.15) is 11.6 Å². The lowest BCUT2D eigenvalue weighted by Crippen LogP contribution is -2.04. The summed E-state index contributed by atoms with van der Waals surface area (Å²) in [4.78, 5) is 4.44. The maximum absolute atomic E-state index is 13.4. The molecule has 0 unspecified atom stereocenters. The average Bonchev–Trinajstić information content (AvgIpc) is 2.65. The third-order valence-corrected chi connectivity index (χ3v) is 3.40. The largest absolute Gasteiger partial charge is 0.328 e. The molecule has 0 saturated heterocycles. The van der Waals surface area contributed by atoms with Crippen LogP contribution < -0.4 is 0 Å². The Hall–Kier alpha value is -0.800. The van der Waals surface area contributed by atoms with E-state index < -0.39 is 5.82 Å². The van der Waals surface area contributed by atoms with Crippen LogP contribution in [0.3, 0.4) is 0 Å². The van der Waals surface area contributed by atoms with Crippen LogP contribution in [0.15, 0.2) is 12.1 Å². The van der Waals surface area contributed by atoms with E-state index in [9.17, 15) is 4.39 Å². The highest BCUT2D eigenvalue weighted by atomic mass is 35.5. The Labute approximate surface area is 116 Å². The summed E-state index contributed by atoms with van der Waals surface area (Å²) in [6.07, 6.45) is 2.82. The van der Waals surface area contributed by atoms with Crippen molar-refractivity contribution in [3.8, 4) is 0 Å². The second kappa shape index (κ2) is 5.89. The molecule has 98 valence electrons. The van der Waals surface area contributed by atoms with Gasteiger partial charge in [0.15, 0.2) is 0 Å². The van der Waals surface area contributed by atoms with Gasteiger partial charge in [0.05, 0.1) is 16.1 Å². The summed E-state index contributed by atoms with van der Waals surface area (Å²) in [5.74, 6) is 0.975. The van der Waals surface area contributed by atoms with Gasteiger partial charge in [-0.25, -0.2) is 9.37 Å². The first-order chi connectivity index (χ1) is 8.67. The molecule has 1 aromatic heterocycles. The Morgan fingerprint density at radius 3 is 2.83 bits per heavy atom. The van der Waals surface area contributed by atoms with Crippen LogP contribution in [-0.2, 0) is 13.0 Å². The predicted molar refractivity (Wildman–Crippen MR) is 74.0 cm³/mol. The van der Waals surface area contributed by atoms with Crippen molar-refractivity contribution in [2.75, 3.05) is 5.88 Å². The number of nitrogens with zero attached hydrogens (tertiary/aromatic N) is 2. The van der Waals surface area contributed by atoms with Gasteiger partial charge in [-0.05, 0) is 12.5 Å². The van der Waals surface area contributed by atoms with Crippen molar-refractivity contribution in [1.82, 2.24) is 9.55 Å². The molecular formula is C13H15Cl2FN2. The minimum absolute atomic E-state index is 0.137. The number of aryl methyl sites for hydroxylation is 2. The number of hydrogen-bond donors (Lipinski definition) is 0. The average molecular weight is 289 g/mol. The van der Waals surface area contributed by atoms with E-state index in [1.807, 2.05) is 0 Å². The maximum atomic E-state index is 13.4. The Bertz CT molecular complexity index is 551. The molecule has 2 rings (SSSR count). The SMILES string of the molecule is CCCCn1c(CCCl)nc2cc(F)c(Cl)cc21. The molecule has 1 heterocycles. The Morgan fingerprint density at radius 1 is 1.39 bits per heavy atom. The lowest BCUT2D eigenvalue weighted by Gasteiger charge is -2.07. The maximum Gasteiger partial charge on any atom is 0.144 e. The highest BCUT2D eigenvalue weighted by Crippen LogP contribution is 2.24. The second-order valence-corrected chi connectivity index (χ2v) is 5.01. The molecule has 0 radical (unpaired) electrons. The first-order valence-corrected chi connectivity index (χ1v) is 6.98. The van der Waals surface area contributed by atoms with E-state index in [0.717, 1.165) is 30.7 Å². The number of unbranched alkanes of at least 4 members (excludes halogenated alkanes) is 1. The van der Waals surface area contributed by atoms with Crippen LogP contribution in [-0.4, -0.2) is 15.4 Å². The smallest absolute Gasteiger partial charge is 0.144 e. The van der Waals surface area contributed by atoms with Crippen molar-refractivity contribution in [2.45, 2.75) is 32.7 Å². The molecule has 0 N–H and O–H groups in total. The van der Waals surface area contributed by atoms with Crippen molar-refractivity contribution in [2.24, 2.45) is 0 Å². The zero-order valence-corrected chi connectivity index (χ0v) is 11.7. The number of hydrogen-bond acceptors (Lipinski definition) is 1. The molecule has 0 atom stereocenters. The van der Waals surface area contributed by atoms with Crippen LogP contribution in [0.5, 0.6) is 0 Å². The number of rotatable bonds is 5. The standard InChI is InChI=1S/C13H15Cl2FN2/c1-2-3-6-18-12-7-9(15)10(16)8-11(12)17-13(18)4-5-14/h7-8H,2-6H2,1H3. The summed E-state index contributed by atoms with van der Waals surface area (Å²) in [5.41, 5.74) is 1.53. The molecule has 5 heteroatoms. The fourth-order valence-electron chi connectivity index (χ4n) is 2.01. The minimum atomic E-state index is -0.429. The molecule has 2 nitrogen and oxygen atoms in total. The van der Waals surface area contributed by atoms with Crippen LogP contribution >= 0.6 is 23.2 Å². The van der Waals surface area contributed by atoms with Crippen molar-refractivity contribution in [3.05, 3.63) is 28.8 Å². The van der Waals surface area contributed by atoms with Crippen LogP contribution in [0.2, 0.25) is 5.02 Å². The number of alkyl halides is 1. The third-order valence-electron chi connectivity index (χ3n) is 2.92. The lowest BCUT2D eigenvalue weighted by atomic mass is 10.3. The van der Waals surface area contributed by atoms with Crippen LogP contribution in [0.25, 0.3) is 11.0 Å². The summed E-state index contributed by atoms with van der Waals surface area (Å²) >= 11 is 11.6. The third kappa shape index (κ3) is 2.62. The van der Waals surface area contributed by atoms with E-state index in [2.05, 4.69) is 16.5 Å². The minimum Gasteiger partial charge on any atom is -0.328 e.